The van der Waals surface area contributed by atoms with E-state index < -0.39 is 0 Å². The van der Waals surface area contributed by atoms with E-state index in [0.717, 1.165) is 24.1 Å². The number of fused-ring (bicyclic) bond motifs is 1. The summed E-state index contributed by atoms with van der Waals surface area (Å²) in [6.45, 7) is 0.917. The summed E-state index contributed by atoms with van der Waals surface area (Å²) in [4.78, 5) is 26.7. The number of amides is 2. The molecule has 2 amide bonds. The van der Waals surface area contributed by atoms with Gasteiger partial charge in [0.2, 0.25) is 0 Å². The first-order chi connectivity index (χ1) is 11.0. The molecule has 1 fully saturated rings. The van der Waals surface area contributed by atoms with Gasteiger partial charge in [-0.2, -0.15) is 5.10 Å². The molecule has 1 aliphatic carbocycles. The second kappa shape index (κ2) is 4.97. The highest BCUT2D eigenvalue weighted by molar-refractivity contribution is 5.96. The van der Waals surface area contributed by atoms with Crippen LogP contribution in [0.2, 0.25) is 0 Å². The fraction of sp³-hybridized carbons (Fsp3) is 0.438. The summed E-state index contributed by atoms with van der Waals surface area (Å²) in [6, 6.07) is 3.96. The van der Waals surface area contributed by atoms with Crippen LogP contribution in [-0.2, 0) is 27.2 Å². The normalized spacial score (nSPS) is 16.5. The standard InChI is InChI=1S/C16H19N5O2/c1-19-7-3-4-12(19)16(23)21-8-11-13(9-21)20(2)18-14(11)15(22)17-10-5-6-10/h3-4,7,10H,5-6,8-9H2,1-2H3,(H,17,22). The van der Waals surface area contributed by atoms with Crippen molar-refractivity contribution in [2.75, 3.05) is 0 Å². The van der Waals surface area contributed by atoms with Gasteiger partial charge in [-0.25, -0.2) is 0 Å². The van der Waals surface area contributed by atoms with E-state index >= 15 is 0 Å². The van der Waals surface area contributed by atoms with Crippen LogP contribution in [0.3, 0.4) is 0 Å². The fourth-order valence-corrected chi connectivity index (χ4v) is 3.05. The van der Waals surface area contributed by atoms with Gasteiger partial charge in [0, 0.05) is 31.9 Å². The maximum atomic E-state index is 12.7. The Morgan fingerprint density at radius 2 is 2.04 bits per heavy atom. The zero-order chi connectivity index (χ0) is 16.1. The Morgan fingerprint density at radius 1 is 1.26 bits per heavy atom. The maximum Gasteiger partial charge on any atom is 0.272 e. The van der Waals surface area contributed by atoms with E-state index in [4.69, 9.17) is 0 Å². The molecular formula is C16H19N5O2. The van der Waals surface area contributed by atoms with E-state index in [1.54, 1.807) is 9.58 Å². The van der Waals surface area contributed by atoms with Crippen molar-refractivity contribution >= 4 is 11.8 Å². The van der Waals surface area contributed by atoms with Crippen molar-refractivity contribution in [2.45, 2.75) is 32.0 Å². The lowest BCUT2D eigenvalue weighted by Gasteiger charge is -2.16. The Labute approximate surface area is 133 Å². The van der Waals surface area contributed by atoms with E-state index in [0.29, 0.717) is 30.5 Å². The van der Waals surface area contributed by atoms with Crippen LogP contribution in [0.1, 0.15) is 45.1 Å². The second-order valence-corrected chi connectivity index (χ2v) is 6.31. The first-order valence-electron chi connectivity index (χ1n) is 7.81. The van der Waals surface area contributed by atoms with Crippen molar-refractivity contribution in [3.8, 4) is 0 Å². The largest absolute Gasteiger partial charge is 0.348 e. The van der Waals surface area contributed by atoms with Crippen LogP contribution < -0.4 is 5.32 Å². The highest BCUT2D eigenvalue weighted by atomic mass is 16.2. The van der Waals surface area contributed by atoms with Gasteiger partial charge in [0.15, 0.2) is 5.69 Å². The quantitative estimate of drug-likeness (QED) is 0.911. The van der Waals surface area contributed by atoms with E-state index in [1.807, 2.05) is 37.0 Å². The molecule has 120 valence electrons. The van der Waals surface area contributed by atoms with Crippen LogP contribution in [-0.4, -0.2) is 37.1 Å². The first kappa shape index (κ1) is 14.0. The smallest absolute Gasteiger partial charge is 0.272 e. The number of nitrogens with one attached hydrogen (secondary N) is 1. The number of hydrogen-bond acceptors (Lipinski definition) is 3. The van der Waals surface area contributed by atoms with Gasteiger partial charge >= 0.3 is 0 Å². The molecule has 1 N–H and O–H groups in total. The van der Waals surface area contributed by atoms with Gasteiger partial charge in [0.05, 0.1) is 18.8 Å². The summed E-state index contributed by atoms with van der Waals surface area (Å²) in [5.41, 5.74) is 2.91. The molecule has 2 aliphatic rings. The van der Waals surface area contributed by atoms with Crippen LogP contribution in [0.5, 0.6) is 0 Å². The van der Waals surface area contributed by atoms with Gasteiger partial charge in [0.1, 0.15) is 5.69 Å². The van der Waals surface area contributed by atoms with Crippen LogP contribution in [0, 0.1) is 0 Å². The summed E-state index contributed by atoms with van der Waals surface area (Å²) in [5, 5.41) is 7.32. The van der Waals surface area contributed by atoms with Gasteiger partial charge < -0.3 is 14.8 Å². The molecule has 0 aromatic carbocycles. The molecule has 0 saturated heterocycles. The number of nitrogens with zero attached hydrogens (tertiary/aromatic N) is 4. The highest BCUT2D eigenvalue weighted by Crippen LogP contribution is 2.28. The van der Waals surface area contributed by atoms with Crippen molar-refractivity contribution in [2.24, 2.45) is 14.1 Å². The highest BCUT2D eigenvalue weighted by Gasteiger charge is 2.34. The molecule has 3 heterocycles. The van der Waals surface area contributed by atoms with E-state index in [9.17, 15) is 9.59 Å². The van der Waals surface area contributed by atoms with Crippen molar-refractivity contribution in [1.82, 2.24) is 24.6 Å². The first-order valence-corrected chi connectivity index (χ1v) is 7.81. The average Bonchev–Trinajstić information content (AvgIpc) is 2.96. The minimum atomic E-state index is -0.127. The predicted molar refractivity (Wildman–Crippen MR) is 82.7 cm³/mol. The molecule has 1 aliphatic heterocycles. The molecule has 0 bridgehead atoms. The number of aromatic nitrogens is 3. The van der Waals surface area contributed by atoms with E-state index in [2.05, 4.69) is 10.4 Å². The van der Waals surface area contributed by atoms with Crippen LogP contribution in [0.25, 0.3) is 0 Å². The number of carbonyl (C=O) groups excluding carboxylic acids is 2. The van der Waals surface area contributed by atoms with Gasteiger partial charge in [-0.3, -0.25) is 14.3 Å². The fourth-order valence-electron chi connectivity index (χ4n) is 3.05. The number of rotatable bonds is 3. The van der Waals surface area contributed by atoms with E-state index in [-0.39, 0.29) is 11.8 Å². The van der Waals surface area contributed by atoms with Crippen molar-refractivity contribution in [3.05, 3.63) is 41.0 Å². The summed E-state index contributed by atoms with van der Waals surface area (Å²) in [7, 11) is 3.68. The SMILES string of the molecule is Cn1cccc1C(=O)N1Cc2c(C(=O)NC3CC3)nn(C)c2C1. The zero-order valence-electron chi connectivity index (χ0n) is 13.2. The molecule has 2 aromatic heterocycles. The molecule has 23 heavy (non-hydrogen) atoms. The average molecular weight is 313 g/mol. The number of hydrogen-bond donors (Lipinski definition) is 1. The Bertz CT molecular complexity index is 799. The van der Waals surface area contributed by atoms with Crippen molar-refractivity contribution in [3.63, 3.8) is 0 Å². The summed E-state index contributed by atoms with van der Waals surface area (Å²) in [6.07, 6.45) is 3.93. The minimum absolute atomic E-state index is 0.0257. The lowest BCUT2D eigenvalue weighted by atomic mass is 10.2. The lowest BCUT2D eigenvalue weighted by Crippen LogP contribution is -2.30. The summed E-state index contributed by atoms with van der Waals surface area (Å²) < 4.78 is 3.53. The van der Waals surface area contributed by atoms with Crippen molar-refractivity contribution < 1.29 is 9.59 Å². The molecule has 0 unspecified atom stereocenters. The Kier molecular flexibility index (Phi) is 3.04. The zero-order valence-corrected chi connectivity index (χ0v) is 13.2. The summed E-state index contributed by atoms with van der Waals surface area (Å²) in [5.74, 6) is -0.153. The molecule has 0 spiro atoms. The Hall–Kier alpha value is -2.57. The third-order valence-corrected chi connectivity index (χ3v) is 4.54. The van der Waals surface area contributed by atoms with Crippen LogP contribution in [0.15, 0.2) is 18.3 Å². The molecular weight excluding hydrogens is 294 g/mol. The van der Waals surface area contributed by atoms with Crippen molar-refractivity contribution in [1.29, 1.82) is 0 Å². The van der Waals surface area contributed by atoms with Crippen LogP contribution >= 0.6 is 0 Å². The van der Waals surface area contributed by atoms with Gasteiger partial charge in [-0.05, 0) is 25.0 Å². The molecule has 0 radical (unpaired) electrons. The molecule has 1 saturated carbocycles. The van der Waals surface area contributed by atoms with Gasteiger partial charge in [-0.15, -0.1) is 0 Å². The molecule has 7 nitrogen and oxygen atoms in total. The lowest BCUT2D eigenvalue weighted by molar-refractivity contribution is 0.0736. The van der Waals surface area contributed by atoms with E-state index in [1.165, 1.54) is 0 Å². The molecule has 7 heteroatoms. The monoisotopic (exact) mass is 313 g/mol. The second-order valence-electron chi connectivity index (χ2n) is 6.31. The summed E-state index contributed by atoms with van der Waals surface area (Å²) >= 11 is 0. The van der Waals surface area contributed by atoms with Crippen LogP contribution in [0.4, 0.5) is 0 Å². The Balaban J connectivity index is 1.58. The Morgan fingerprint density at radius 3 is 2.70 bits per heavy atom. The molecule has 2 aromatic rings. The topological polar surface area (TPSA) is 72.2 Å². The third kappa shape index (κ3) is 2.32. The molecule has 4 rings (SSSR count). The number of aryl methyl sites for hydroxylation is 2. The minimum Gasteiger partial charge on any atom is -0.348 e. The maximum absolute atomic E-state index is 12.7. The number of carbonyl (C=O) groups is 2. The van der Waals surface area contributed by atoms with Gasteiger partial charge in [-0.1, -0.05) is 0 Å². The third-order valence-electron chi connectivity index (χ3n) is 4.54. The molecule has 0 atom stereocenters. The predicted octanol–water partition coefficient (Wildman–Crippen LogP) is 0.807. The van der Waals surface area contributed by atoms with Gasteiger partial charge in [0.25, 0.3) is 11.8 Å².